The molecular formula is C13H17BrFN. The summed E-state index contributed by atoms with van der Waals surface area (Å²) >= 11 is 3.28. The molecule has 3 heteroatoms. The first-order valence-corrected chi connectivity index (χ1v) is 6.61. The second-order valence-electron chi connectivity index (χ2n) is 4.69. The fourth-order valence-corrected chi connectivity index (χ4v) is 2.44. The van der Waals surface area contributed by atoms with Crippen LogP contribution in [0.25, 0.3) is 0 Å². The van der Waals surface area contributed by atoms with E-state index in [0.717, 1.165) is 35.6 Å². The molecule has 0 atom stereocenters. The maximum absolute atomic E-state index is 13.6. The Kier molecular flexibility index (Phi) is 3.98. The molecule has 1 aromatic carbocycles. The van der Waals surface area contributed by atoms with Crippen LogP contribution in [-0.4, -0.2) is 18.0 Å². The maximum atomic E-state index is 13.6. The Morgan fingerprint density at radius 1 is 1.38 bits per heavy atom. The van der Waals surface area contributed by atoms with Gasteiger partial charge in [0.25, 0.3) is 0 Å². The Bertz CT molecular complexity index is 359. The fourth-order valence-electron chi connectivity index (χ4n) is 2.11. The first-order valence-electron chi connectivity index (χ1n) is 5.81. The molecule has 0 aliphatic carbocycles. The number of rotatable bonds is 2. The molecule has 0 aromatic heterocycles. The third-order valence-corrected chi connectivity index (χ3v) is 3.78. The van der Waals surface area contributed by atoms with Crippen molar-refractivity contribution in [1.29, 1.82) is 0 Å². The molecule has 16 heavy (non-hydrogen) atoms. The number of hydrogen-bond donors (Lipinski definition) is 0. The van der Waals surface area contributed by atoms with Gasteiger partial charge < -0.3 is 0 Å². The molecule has 0 bridgehead atoms. The van der Waals surface area contributed by atoms with E-state index in [2.05, 4.69) is 27.8 Å². The number of halogens is 2. The highest BCUT2D eigenvalue weighted by Crippen LogP contribution is 2.21. The molecule has 1 aliphatic heterocycles. The lowest BCUT2D eigenvalue weighted by molar-refractivity contribution is 0.183. The Hall–Kier alpha value is -0.410. The summed E-state index contributed by atoms with van der Waals surface area (Å²) in [6.45, 7) is 5.22. The molecule has 1 aliphatic rings. The van der Waals surface area contributed by atoms with Crippen LogP contribution in [0, 0.1) is 11.7 Å². The quantitative estimate of drug-likeness (QED) is 0.799. The van der Waals surface area contributed by atoms with Crippen LogP contribution in [0.15, 0.2) is 22.7 Å². The molecule has 1 saturated heterocycles. The molecule has 1 aromatic rings. The van der Waals surface area contributed by atoms with Crippen LogP contribution in [0.1, 0.15) is 25.3 Å². The molecule has 0 spiro atoms. The molecule has 0 N–H and O–H groups in total. The van der Waals surface area contributed by atoms with E-state index in [1.165, 1.54) is 12.8 Å². The van der Waals surface area contributed by atoms with E-state index >= 15 is 0 Å². The monoisotopic (exact) mass is 285 g/mol. The van der Waals surface area contributed by atoms with Crippen LogP contribution in [0.4, 0.5) is 4.39 Å². The van der Waals surface area contributed by atoms with E-state index in [9.17, 15) is 4.39 Å². The number of benzene rings is 1. The summed E-state index contributed by atoms with van der Waals surface area (Å²) in [5.74, 6) is 0.721. The molecule has 0 unspecified atom stereocenters. The van der Waals surface area contributed by atoms with Crippen molar-refractivity contribution in [2.45, 2.75) is 26.3 Å². The molecule has 0 radical (unpaired) electrons. The van der Waals surface area contributed by atoms with E-state index in [4.69, 9.17) is 0 Å². The summed E-state index contributed by atoms with van der Waals surface area (Å²) in [6, 6.07) is 5.32. The first kappa shape index (κ1) is 12.1. The van der Waals surface area contributed by atoms with Gasteiger partial charge in [0.1, 0.15) is 5.82 Å². The average Bonchev–Trinajstić information content (AvgIpc) is 2.25. The summed E-state index contributed by atoms with van der Waals surface area (Å²) < 4.78 is 14.4. The molecule has 88 valence electrons. The van der Waals surface area contributed by atoms with Gasteiger partial charge in [0.15, 0.2) is 0 Å². The van der Waals surface area contributed by atoms with Crippen molar-refractivity contribution in [3.8, 4) is 0 Å². The minimum Gasteiger partial charge on any atom is -0.299 e. The molecule has 1 nitrogen and oxygen atoms in total. The highest BCUT2D eigenvalue weighted by atomic mass is 79.9. The van der Waals surface area contributed by atoms with Crippen LogP contribution in [-0.2, 0) is 6.54 Å². The second-order valence-corrected chi connectivity index (χ2v) is 5.61. The summed E-state index contributed by atoms with van der Waals surface area (Å²) in [5.41, 5.74) is 0.803. The Labute approximate surface area is 105 Å². The lowest BCUT2D eigenvalue weighted by Gasteiger charge is -2.30. The van der Waals surface area contributed by atoms with Crippen LogP contribution in [0.2, 0.25) is 0 Å². The maximum Gasteiger partial charge on any atom is 0.128 e. The van der Waals surface area contributed by atoms with Gasteiger partial charge in [-0.2, -0.15) is 0 Å². The van der Waals surface area contributed by atoms with E-state index in [0.29, 0.717) is 0 Å². The zero-order valence-corrected chi connectivity index (χ0v) is 11.1. The number of likely N-dealkylation sites (tertiary alicyclic amines) is 1. The highest BCUT2D eigenvalue weighted by molar-refractivity contribution is 9.10. The molecule has 2 rings (SSSR count). The van der Waals surface area contributed by atoms with Crippen LogP contribution >= 0.6 is 15.9 Å². The predicted molar refractivity (Wildman–Crippen MR) is 67.8 cm³/mol. The van der Waals surface area contributed by atoms with Gasteiger partial charge in [-0.05, 0) is 44.0 Å². The van der Waals surface area contributed by atoms with Gasteiger partial charge in [-0.3, -0.25) is 4.90 Å². The van der Waals surface area contributed by atoms with E-state index in [1.54, 1.807) is 6.07 Å². The highest BCUT2D eigenvalue weighted by Gasteiger charge is 2.16. The van der Waals surface area contributed by atoms with E-state index in [-0.39, 0.29) is 5.82 Å². The van der Waals surface area contributed by atoms with Gasteiger partial charge in [0, 0.05) is 16.6 Å². The molecule has 1 heterocycles. The van der Waals surface area contributed by atoms with Crippen LogP contribution in [0.5, 0.6) is 0 Å². The minimum atomic E-state index is -0.104. The largest absolute Gasteiger partial charge is 0.299 e. The fraction of sp³-hybridized carbons (Fsp3) is 0.538. The zero-order chi connectivity index (χ0) is 11.5. The standard InChI is InChI=1S/C13H17BrFN/c1-10-4-6-16(7-5-10)9-11-2-3-12(14)8-13(11)15/h2-3,8,10H,4-7,9H2,1H3. The number of nitrogens with zero attached hydrogens (tertiary/aromatic N) is 1. The SMILES string of the molecule is CC1CCN(Cc2ccc(Br)cc2F)CC1. The smallest absolute Gasteiger partial charge is 0.128 e. The van der Waals surface area contributed by atoms with Crippen molar-refractivity contribution in [2.75, 3.05) is 13.1 Å². The normalized spacial score (nSPS) is 18.9. The Balaban J connectivity index is 1.98. The molecule has 0 amide bonds. The summed E-state index contributed by atoms with van der Waals surface area (Å²) in [6.07, 6.45) is 2.47. The molecular weight excluding hydrogens is 269 g/mol. The third-order valence-electron chi connectivity index (χ3n) is 3.29. The van der Waals surface area contributed by atoms with Crippen molar-refractivity contribution in [1.82, 2.24) is 4.90 Å². The van der Waals surface area contributed by atoms with Gasteiger partial charge in [-0.15, -0.1) is 0 Å². The van der Waals surface area contributed by atoms with Gasteiger partial charge in [-0.25, -0.2) is 4.39 Å². The molecule has 0 saturated carbocycles. The summed E-state index contributed by atoms with van der Waals surface area (Å²) in [7, 11) is 0. The van der Waals surface area contributed by atoms with Crippen LogP contribution < -0.4 is 0 Å². The van der Waals surface area contributed by atoms with Crippen molar-refractivity contribution >= 4 is 15.9 Å². The van der Waals surface area contributed by atoms with Crippen molar-refractivity contribution in [2.24, 2.45) is 5.92 Å². The third kappa shape index (κ3) is 3.05. The first-order chi connectivity index (χ1) is 7.65. The summed E-state index contributed by atoms with van der Waals surface area (Å²) in [4.78, 5) is 2.34. The number of hydrogen-bond acceptors (Lipinski definition) is 1. The van der Waals surface area contributed by atoms with Crippen molar-refractivity contribution in [3.63, 3.8) is 0 Å². The lowest BCUT2D eigenvalue weighted by Crippen LogP contribution is -2.32. The Morgan fingerprint density at radius 3 is 2.69 bits per heavy atom. The minimum absolute atomic E-state index is 0.104. The van der Waals surface area contributed by atoms with Crippen molar-refractivity contribution in [3.05, 3.63) is 34.1 Å². The second kappa shape index (κ2) is 5.28. The van der Waals surface area contributed by atoms with Gasteiger partial charge in [0.05, 0.1) is 0 Å². The van der Waals surface area contributed by atoms with E-state index in [1.807, 2.05) is 12.1 Å². The van der Waals surface area contributed by atoms with Crippen molar-refractivity contribution < 1.29 is 4.39 Å². The van der Waals surface area contributed by atoms with Gasteiger partial charge >= 0.3 is 0 Å². The number of piperidine rings is 1. The topological polar surface area (TPSA) is 3.24 Å². The van der Waals surface area contributed by atoms with Gasteiger partial charge in [-0.1, -0.05) is 28.9 Å². The Morgan fingerprint density at radius 2 is 2.06 bits per heavy atom. The summed E-state index contributed by atoms with van der Waals surface area (Å²) in [5, 5.41) is 0. The lowest BCUT2D eigenvalue weighted by atomic mass is 9.99. The predicted octanol–water partition coefficient (Wildman–Crippen LogP) is 3.82. The van der Waals surface area contributed by atoms with Gasteiger partial charge in [0.2, 0.25) is 0 Å². The average molecular weight is 286 g/mol. The van der Waals surface area contributed by atoms with E-state index < -0.39 is 0 Å². The zero-order valence-electron chi connectivity index (χ0n) is 9.55. The van der Waals surface area contributed by atoms with Crippen LogP contribution in [0.3, 0.4) is 0 Å². The molecule has 1 fully saturated rings.